The van der Waals surface area contributed by atoms with Crippen LogP contribution in [-0.2, 0) is 20.1 Å². The molecule has 0 unspecified atom stereocenters. The smallest absolute Gasteiger partial charge is 0.0524 e. The van der Waals surface area contributed by atoms with Gasteiger partial charge in [-0.25, -0.2) is 0 Å². The summed E-state index contributed by atoms with van der Waals surface area (Å²) in [5.74, 6) is 0. The van der Waals surface area contributed by atoms with Gasteiger partial charge in [0.15, 0.2) is 0 Å². The van der Waals surface area contributed by atoms with E-state index in [4.69, 9.17) is 0 Å². The van der Waals surface area contributed by atoms with Crippen molar-refractivity contribution >= 4 is 69.6 Å². The van der Waals surface area contributed by atoms with Gasteiger partial charge in [0.25, 0.3) is 0 Å². The van der Waals surface area contributed by atoms with Crippen LogP contribution in [0, 0.1) is 19.1 Å². The number of nitrogens with zero attached hydrogens (tertiary/aromatic N) is 3. The molecule has 5 heteroatoms. The number of benzene rings is 5. The average molecular weight is 784 g/mol. The largest absolute Gasteiger partial charge is 0.350 e. The van der Waals surface area contributed by atoms with Crippen molar-refractivity contribution in [3.05, 3.63) is 151 Å². The Hall–Kier alpha value is -4.93. The maximum Gasteiger partial charge on any atom is 0.0524 e. The van der Waals surface area contributed by atoms with E-state index in [1.54, 1.807) is 6.20 Å². The van der Waals surface area contributed by atoms with Gasteiger partial charge in [-0.3, -0.25) is 0 Å². The van der Waals surface area contributed by atoms with E-state index in [0.29, 0.717) is 0 Å². The third kappa shape index (κ3) is 4.51. The number of pyridine rings is 2. The first kappa shape index (κ1) is 28.5. The molecule has 5 heterocycles. The van der Waals surface area contributed by atoms with Gasteiger partial charge in [-0.15, -0.1) is 71.0 Å². The number of aromatic nitrogens is 3. The normalized spacial score (nSPS) is 11.4. The second kappa shape index (κ2) is 11.5. The third-order valence-electron chi connectivity index (χ3n) is 8.58. The van der Waals surface area contributed by atoms with Crippen molar-refractivity contribution in [2.45, 2.75) is 6.92 Å². The van der Waals surface area contributed by atoms with Crippen molar-refractivity contribution < 1.29 is 20.1 Å². The summed E-state index contributed by atoms with van der Waals surface area (Å²) < 4.78 is 5.12. The zero-order valence-electron chi connectivity index (χ0n) is 24.8. The number of rotatable bonds is 2. The molecular formula is C41H25IrN3S-2. The van der Waals surface area contributed by atoms with Gasteiger partial charge in [-0.05, 0) is 59.0 Å². The Balaban J connectivity index is 0.000000204. The Bertz CT molecular complexity index is 2600. The molecule has 0 aliphatic heterocycles. The van der Waals surface area contributed by atoms with Crippen molar-refractivity contribution in [3.8, 4) is 22.5 Å². The van der Waals surface area contributed by atoms with Crippen LogP contribution in [0.2, 0.25) is 0 Å². The summed E-state index contributed by atoms with van der Waals surface area (Å²) in [6.45, 7) is 2.07. The van der Waals surface area contributed by atoms with Crippen LogP contribution in [0.15, 0.2) is 134 Å². The zero-order chi connectivity index (χ0) is 29.9. The average Bonchev–Trinajstić information content (AvgIpc) is 3.75. The summed E-state index contributed by atoms with van der Waals surface area (Å²) in [6, 6.07) is 48.9. The molecule has 5 aromatic heterocycles. The number of fused-ring (bicyclic) bond motifs is 10. The topological polar surface area (TPSA) is 30.2 Å². The predicted molar refractivity (Wildman–Crippen MR) is 189 cm³/mol. The predicted octanol–water partition coefficient (Wildman–Crippen LogP) is 10.9. The first-order chi connectivity index (χ1) is 22.2. The molecule has 5 aromatic carbocycles. The molecule has 0 fully saturated rings. The van der Waals surface area contributed by atoms with E-state index in [9.17, 15) is 0 Å². The molecule has 10 rings (SSSR count). The molecule has 221 valence electrons. The van der Waals surface area contributed by atoms with Crippen LogP contribution in [0.25, 0.3) is 80.8 Å². The van der Waals surface area contributed by atoms with E-state index in [1.807, 2.05) is 60.0 Å². The fraction of sp³-hybridized carbons (Fsp3) is 0.0244. The minimum atomic E-state index is 0. The van der Waals surface area contributed by atoms with Gasteiger partial charge in [0.1, 0.15) is 0 Å². The molecule has 0 spiro atoms. The summed E-state index contributed by atoms with van der Waals surface area (Å²) in [5, 5.41) is 7.94. The Morgan fingerprint density at radius 1 is 0.609 bits per heavy atom. The number of thiophene rings is 1. The molecule has 0 atom stereocenters. The van der Waals surface area contributed by atoms with Crippen molar-refractivity contribution in [2.24, 2.45) is 0 Å². The monoisotopic (exact) mass is 784 g/mol. The Morgan fingerprint density at radius 3 is 2.22 bits per heavy atom. The van der Waals surface area contributed by atoms with Gasteiger partial charge in [-0.2, -0.15) is 0 Å². The third-order valence-corrected chi connectivity index (χ3v) is 9.69. The molecule has 1 radical (unpaired) electrons. The van der Waals surface area contributed by atoms with Crippen LogP contribution in [0.4, 0.5) is 0 Å². The second-order valence-electron chi connectivity index (χ2n) is 11.3. The van der Waals surface area contributed by atoms with Crippen LogP contribution >= 0.6 is 11.3 Å². The minimum absolute atomic E-state index is 0. The maximum absolute atomic E-state index is 4.68. The minimum Gasteiger partial charge on any atom is -0.350 e. The molecule has 0 saturated heterocycles. The molecule has 0 amide bonds. The molecule has 0 bridgehead atoms. The van der Waals surface area contributed by atoms with Crippen LogP contribution in [0.1, 0.15) is 5.56 Å². The van der Waals surface area contributed by atoms with Crippen LogP contribution in [-0.4, -0.2) is 14.4 Å². The van der Waals surface area contributed by atoms with Gasteiger partial charge >= 0.3 is 0 Å². The van der Waals surface area contributed by atoms with Crippen LogP contribution < -0.4 is 0 Å². The first-order valence-electron chi connectivity index (χ1n) is 15.0. The van der Waals surface area contributed by atoms with Gasteiger partial charge < -0.3 is 14.4 Å². The van der Waals surface area contributed by atoms with E-state index in [-0.39, 0.29) is 20.1 Å². The van der Waals surface area contributed by atoms with E-state index in [1.165, 1.54) is 63.8 Å². The maximum atomic E-state index is 4.68. The Labute approximate surface area is 283 Å². The summed E-state index contributed by atoms with van der Waals surface area (Å²) in [4.78, 5) is 8.89. The van der Waals surface area contributed by atoms with Crippen LogP contribution in [0.5, 0.6) is 0 Å². The van der Waals surface area contributed by atoms with E-state index >= 15 is 0 Å². The van der Waals surface area contributed by atoms with Crippen molar-refractivity contribution in [1.29, 1.82) is 0 Å². The second-order valence-corrected chi connectivity index (χ2v) is 12.4. The van der Waals surface area contributed by atoms with Crippen LogP contribution in [0.3, 0.4) is 0 Å². The van der Waals surface area contributed by atoms with Gasteiger partial charge in [-0.1, -0.05) is 66.0 Å². The molecule has 0 aliphatic carbocycles. The standard InChI is InChI=1S/C30H17N2S.C11H8N.Ir/c1-17-10-12-23(31-16-17)18-11-13-25-22(14-18)29-28-20-7-3-5-9-26(20)33-27(28)15-21-19-6-2-4-8-24(19)32(25)30(21)29;1-2-6-10(7-3-1)11-8-4-5-9-12-11;/h2-10,12-16H,1H3;1-6,8-9H;/q2*-1;. The van der Waals surface area contributed by atoms with E-state index < -0.39 is 0 Å². The first-order valence-corrected chi connectivity index (χ1v) is 15.8. The fourth-order valence-corrected chi connectivity index (χ4v) is 7.72. The van der Waals surface area contributed by atoms with Gasteiger partial charge in [0.05, 0.1) is 5.52 Å². The summed E-state index contributed by atoms with van der Waals surface area (Å²) in [6.07, 6.45) is 3.72. The molecular weight excluding hydrogens is 759 g/mol. The zero-order valence-corrected chi connectivity index (χ0v) is 28.0. The molecule has 3 nitrogen and oxygen atoms in total. The van der Waals surface area contributed by atoms with Gasteiger partial charge in [0.2, 0.25) is 0 Å². The molecule has 0 saturated carbocycles. The summed E-state index contributed by atoms with van der Waals surface area (Å²) in [5.41, 5.74) is 8.94. The summed E-state index contributed by atoms with van der Waals surface area (Å²) >= 11 is 1.89. The number of para-hydroxylation sites is 1. The van der Waals surface area contributed by atoms with Crippen molar-refractivity contribution in [1.82, 2.24) is 14.4 Å². The fourth-order valence-electron chi connectivity index (χ4n) is 6.56. The quantitative estimate of drug-likeness (QED) is 0.164. The number of hydrogen-bond acceptors (Lipinski definition) is 3. The number of aryl methyl sites for hydroxylation is 1. The number of hydrogen-bond donors (Lipinski definition) is 0. The molecule has 46 heavy (non-hydrogen) atoms. The Morgan fingerprint density at radius 2 is 1.41 bits per heavy atom. The molecule has 0 N–H and O–H groups in total. The van der Waals surface area contributed by atoms with Crippen molar-refractivity contribution in [3.63, 3.8) is 0 Å². The SMILES string of the molecule is Cc1ccc(-c2[c-]cc3c(c2)c2c4c(cc5c6ccccc6n3c52)sc2ccccc24)nc1.[Ir].[c-]1ccccc1-c1ccccn1. The molecule has 0 aliphatic rings. The Kier molecular flexibility index (Phi) is 7.11. The molecule has 10 aromatic rings. The van der Waals surface area contributed by atoms with E-state index in [0.717, 1.165) is 22.5 Å². The van der Waals surface area contributed by atoms with Gasteiger partial charge in [0, 0.05) is 69.0 Å². The van der Waals surface area contributed by atoms with E-state index in [2.05, 4.69) is 112 Å². The van der Waals surface area contributed by atoms with Crippen molar-refractivity contribution in [2.75, 3.05) is 0 Å². The summed E-state index contributed by atoms with van der Waals surface area (Å²) in [7, 11) is 0.